The molecule has 3 saturated heterocycles. The van der Waals surface area contributed by atoms with Gasteiger partial charge in [0.15, 0.2) is 0 Å². The van der Waals surface area contributed by atoms with E-state index >= 15 is 0 Å². The molecule has 0 aliphatic carbocycles. The maximum Gasteiger partial charge on any atom is 0.145 e. The molecule has 16 heavy (non-hydrogen) atoms. The first-order chi connectivity index (χ1) is 7.83. The van der Waals surface area contributed by atoms with Gasteiger partial charge in [0.25, 0.3) is 0 Å². The van der Waals surface area contributed by atoms with Gasteiger partial charge in [0.05, 0.1) is 11.9 Å². The first-order valence-electron chi connectivity index (χ1n) is 5.91. The lowest BCUT2D eigenvalue weighted by Crippen LogP contribution is -2.52. The normalized spacial score (nSPS) is 32.6. The van der Waals surface area contributed by atoms with Gasteiger partial charge in [0.1, 0.15) is 11.9 Å². The molecule has 86 valence electrons. The van der Waals surface area contributed by atoms with Crippen LogP contribution in [0.25, 0.3) is 0 Å². The molecule has 0 saturated carbocycles. The van der Waals surface area contributed by atoms with E-state index in [1.165, 1.54) is 25.9 Å². The molecule has 0 spiro atoms. The van der Waals surface area contributed by atoms with E-state index in [0.29, 0.717) is 17.7 Å². The van der Waals surface area contributed by atoms with Crippen molar-refractivity contribution >= 4 is 5.69 Å². The van der Waals surface area contributed by atoms with Gasteiger partial charge >= 0.3 is 0 Å². The smallest absolute Gasteiger partial charge is 0.145 e. The topological polar surface area (TPSA) is 51.4 Å². The molecule has 4 rings (SSSR count). The summed E-state index contributed by atoms with van der Waals surface area (Å²) >= 11 is 0. The monoisotopic (exact) mass is 219 g/mol. The lowest BCUT2D eigenvalue weighted by molar-refractivity contribution is -0.00742. The number of anilines is 1. The number of nitrogens with zero attached hydrogens (tertiary/aromatic N) is 2. The fourth-order valence-electron chi connectivity index (χ4n) is 2.71. The van der Waals surface area contributed by atoms with Gasteiger partial charge in [-0.3, -0.25) is 9.88 Å². The molecule has 3 aliphatic rings. The van der Waals surface area contributed by atoms with Crippen molar-refractivity contribution < 1.29 is 4.74 Å². The van der Waals surface area contributed by atoms with Crippen molar-refractivity contribution in [3.8, 4) is 5.75 Å². The highest BCUT2D eigenvalue weighted by Crippen LogP contribution is 2.31. The molecule has 2 N–H and O–H groups in total. The number of piperidine rings is 3. The van der Waals surface area contributed by atoms with E-state index in [1.807, 2.05) is 6.07 Å². The predicted molar refractivity (Wildman–Crippen MR) is 62.2 cm³/mol. The van der Waals surface area contributed by atoms with Crippen molar-refractivity contribution in [1.82, 2.24) is 9.88 Å². The van der Waals surface area contributed by atoms with Gasteiger partial charge in [0, 0.05) is 18.8 Å². The van der Waals surface area contributed by atoms with E-state index in [2.05, 4.69) is 9.88 Å². The largest absolute Gasteiger partial charge is 0.487 e. The second-order valence-electron chi connectivity index (χ2n) is 4.71. The van der Waals surface area contributed by atoms with Crippen LogP contribution in [0, 0.1) is 5.92 Å². The summed E-state index contributed by atoms with van der Waals surface area (Å²) in [5, 5.41) is 0. The van der Waals surface area contributed by atoms with Gasteiger partial charge in [-0.15, -0.1) is 0 Å². The molecule has 1 aromatic rings. The van der Waals surface area contributed by atoms with Crippen LogP contribution in [0.2, 0.25) is 0 Å². The maximum absolute atomic E-state index is 6.01. The van der Waals surface area contributed by atoms with Crippen LogP contribution >= 0.6 is 0 Å². The SMILES string of the molecule is Nc1cnccc1O[C@@H]1CN2CCC1CC2. The summed E-state index contributed by atoms with van der Waals surface area (Å²) in [6.07, 6.45) is 6.21. The third-order valence-corrected chi connectivity index (χ3v) is 3.68. The number of ether oxygens (including phenoxy) is 1. The Balaban J connectivity index is 1.73. The Morgan fingerprint density at radius 2 is 2.19 bits per heavy atom. The van der Waals surface area contributed by atoms with Gasteiger partial charge in [-0.25, -0.2) is 0 Å². The Bertz CT molecular complexity index is 374. The van der Waals surface area contributed by atoms with E-state index in [0.717, 1.165) is 12.3 Å². The highest BCUT2D eigenvalue weighted by atomic mass is 16.5. The summed E-state index contributed by atoms with van der Waals surface area (Å²) in [5.41, 5.74) is 6.47. The number of hydrogen-bond acceptors (Lipinski definition) is 4. The summed E-state index contributed by atoms with van der Waals surface area (Å²) < 4.78 is 6.01. The van der Waals surface area contributed by atoms with Crippen molar-refractivity contribution in [3.05, 3.63) is 18.5 Å². The van der Waals surface area contributed by atoms with Crippen LogP contribution in [0.5, 0.6) is 5.75 Å². The summed E-state index contributed by atoms with van der Waals surface area (Å²) in [5.74, 6) is 1.49. The lowest BCUT2D eigenvalue weighted by atomic mass is 9.86. The number of rotatable bonds is 2. The molecule has 0 radical (unpaired) electrons. The summed E-state index contributed by atoms with van der Waals surface area (Å²) in [6.45, 7) is 3.51. The first-order valence-corrected chi connectivity index (χ1v) is 5.91. The molecule has 3 aliphatic heterocycles. The average molecular weight is 219 g/mol. The van der Waals surface area contributed by atoms with Crippen molar-refractivity contribution in [2.45, 2.75) is 18.9 Å². The zero-order valence-electron chi connectivity index (χ0n) is 9.30. The van der Waals surface area contributed by atoms with Crippen molar-refractivity contribution in [1.29, 1.82) is 0 Å². The molecule has 1 atom stereocenters. The van der Waals surface area contributed by atoms with Crippen LogP contribution < -0.4 is 10.5 Å². The Labute approximate surface area is 95.4 Å². The Hall–Kier alpha value is -1.29. The standard InChI is InChI=1S/C12H17N3O/c13-10-7-14-4-1-11(10)16-12-8-15-5-2-9(12)3-6-15/h1,4,7,9,12H,2-3,5-6,8,13H2/t12-/m1/s1. The van der Waals surface area contributed by atoms with Crippen molar-refractivity contribution in [2.24, 2.45) is 5.92 Å². The summed E-state index contributed by atoms with van der Waals surface area (Å²) in [7, 11) is 0. The molecule has 4 nitrogen and oxygen atoms in total. The minimum Gasteiger partial charge on any atom is -0.487 e. The third-order valence-electron chi connectivity index (χ3n) is 3.68. The van der Waals surface area contributed by atoms with Crippen LogP contribution in [0.3, 0.4) is 0 Å². The van der Waals surface area contributed by atoms with Gasteiger partial charge in [-0.1, -0.05) is 0 Å². The minimum atomic E-state index is 0.312. The maximum atomic E-state index is 6.01. The van der Waals surface area contributed by atoms with Crippen molar-refractivity contribution in [3.63, 3.8) is 0 Å². The van der Waals surface area contributed by atoms with Crippen LogP contribution in [-0.2, 0) is 0 Å². The predicted octanol–water partition coefficient (Wildman–Crippen LogP) is 1.14. The number of pyridine rings is 1. The number of aromatic nitrogens is 1. The highest BCUT2D eigenvalue weighted by Gasteiger charge is 2.35. The third kappa shape index (κ3) is 1.73. The molecule has 4 heteroatoms. The minimum absolute atomic E-state index is 0.312. The number of nitrogens with two attached hydrogens (primary N) is 1. The summed E-state index contributed by atoms with van der Waals surface area (Å²) in [4.78, 5) is 6.44. The molecular formula is C12H17N3O. The van der Waals surface area contributed by atoms with Crippen LogP contribution in [0.4, 0.5) is 5.69 Å². The second kappa shape index (κ2) is 3.94. The van der Waals surface area contributed by atoms with Crippen molar-refractivity contribution in [2.75, 3.05) is 25.4 Å². The Morgan fingerprint density at radius 3 is 2.81 bits per heavy atom. The van der Waals surface area contributed by atoms with E-state index < -0.39 is 0 Å². The lowest BCUT2D eigenvalue weighted by Gasteiger charge is -2.44. The van der Waals surface area contributed by atoms with Gasteiger partial charge < -0.3 is 10.5 Å². The molecule has 0 unspecified atom stereocenters. The highest BCUT2D eigenvalue weighted by molar-refractivity contribution is 5.49. The van der Waals surface area contributed by atoms with Gasteiger partial charge in [-0.2, -0.15) is 0 Å². The van der Waals surface area contributed by atoms with E-state index in [4.69, 9.17) is 10.5 Å². The fourth-order valence-corrected chi connectivity index (χ4v) is 2.71. The molecule has 1 aromatic heterocycles. The molecular weight excluding hydrogens is 202 g/mol. The number of nitrogen functional groups attached to an aromatic ring is 1. The van der Waals surface area contributed by atoms with Gasteiger partial charge in [0.2, 0.25) is 0 Å². The van der Waals surface area contributed by atoms with Crippen LogP contribution in [-0.4, -0.2) is 35.6 Å². The van der Waals surface area contributed by atoms with E-state index in [-0.39, 0.29) is 0 Å². The number of fused-ring (bicyclic) bond motifs is 3. The first kappa shape index (κ1) is 9.90. The molecule has 2 bridgehead atoms. The number of hydrogen-bond donors (Lipinski definition) is 1. The molecule has 0 amide bonds. The molecule has 0 aromatic carbocycles. The van der Waals surface area contributed by atoms with E-state index in [9.17, 15) is 0 Å². The van der Waals surface area contributed by atoms with Crippen LogP contribution in [0.1, 0.15) is 12.8 Å². The zero-order valence-corrected chi connectivity index (χ0v) is 9.30. The molecule has 3 fully saturated rings. The second-order valence-corrected chi connectivity index (χ2v) is 4.71. The Morgan fingerprint density at radius 1 is 1.38 bits per heavy atom. The van der Waals surface area contributed by atoms with Gasteiger partial charge in [-0.05, 0) is 31.8 Å². The zero-order chi connectivity index (χ0) is 11.0. The Kier molecular flexibility index (Phi) is 2.44. The average Bonchev–Trinajstić information content (AvgIpc) is 2.34. The van der Waals surface area contributed by atoms with Crippen LogP contribution in [0.15, 0.2) is 18.5 Å². The van der Waals surface area contributed by atoms with E-state index in [1.54, 1.807) is 12.4 Å². The summed E-state index contributed by atoms with van der Waals surface area (Å²) in [6, 6.07) is 1.85. The molecule has 4 heterocycles. The fraction of sp³-hybridized carbons (Fsp3) is 0.583. The quantitative estimate of drug-likeness (QED) is 0.810.